The van der Waals surface area contributed by atoms with Crippen molar-refractivity contribution in [2.45, 2.75) is 39.9 Å². The summed E-state index contributed by atoms with van der Waals surface area (Å²) in [6.45, 7) is 9.08. The van der Waals surface area contributed by atoms with E-state index in [9.17, 15) is 4.79 Å². The molecule has 0 aliphatic carbocycles. The zero-order valence-corrected chi connectivity index (χ0v) is 12.2. The lowest BCUT2D eigenvalue weighted by Gasteiger charge is -2.26. The van der Waals surface area contributed by atoms with Crippen LogP contribution in [0.2, 0.25) is 0 Å². The summed E-state index contributed by atoms with van der Waals surface area (Å²) in [6, 6.07) is 7.61. The highest BCUT2D eigenvalue weighted by molar-refractivity contribution is 5.99. The van der Waals surface area contributed by atoms with Crippen LogP contribution < -0.4 is 0 Å². The molecule has 0 aromatic heterocycles. The number of Topliss-reactive ketones (excluding diaryl/α,β-unsaturated/α-hetero) is 1. The van der Waals surface area contributed by atoms with E-state index in [-0.39, 0.29) is 11.2 Å². The van der Waals surface area contributed by atoms with Crippen molar-refractivity contribution in [2.24, 2.45) is 5.41 Å². The van der Waals surface area contributed by atoms with Crippen molar-refractivity contribution in [3.05, 3.63) is 35.4 Å². The highest BCUT2D eigenvalue weighted by atomic mass is 16.7. The number of rotatable bonds is 3. The molecule has 0 unspecified atom stereocenters. The Hall–Kier alpha value is -1.19. The fourth-order valence-corrected chi connectivity index (χ4v) is 2.34. The van der Waals surface area contributed by atoms with Crippen molar-refractivity contribution < 1.29 is 14.3 Å². The van der Waals surface area contributed by atoms with Crippen LogP contribution >= 0.6 is 0 Å². The van der Waals surface area contributed by atoms with Crippen LogP contribution in [-0.2, 0) is 15.3 Å². The van der Waals surface area contributed by atoms with Crippen LogP contribution in [0.25, 0.3) is 0 Å². The standard InChI is InChI=1S/C16H22O3/c1-5-16(18-10-11-19-16)13-8-6-12(7-9-13)14(17)15(2,3)4/h6-9H,5,10-11H2,1-4H3. The molecule has 3 heteroatoms. The molecule has 0 spiro atoms. The molecular formula is C16H22O3. The van der Waals surface area contributed by atoms with Gasteiger partial charge < -0.3 is 9.47 Å². The Balaban J connectivity index is 2.26. The molecule has 1 aromatic rings. The quantitative estimate of drug-likeness (QED) is 0.782. The molecule has 0 N–H and O–H groups in total. The molecule has 0 amide bonds. The lowest BCUT2D eigenvalue weighted by atomic mass is 9.86. The van der Waals surface area contributed by atoms with Crippen LogP contribution in [-0.4, -0.2) is 19.0 Å². The maximum absolute atomic E-state index is 12.2. The topological polar surface area (TPSA) is 35.5 Å². The molecule has 1 fully saturated rings. The number of carbonyl (C=O) groups is 1. The molecule has 104 valence electrons. The number of hydrogen-bond acceptors (Lipinski definition) is 3. The summed E-state index contributed by atoms with van der Waals surface area (Å²) < 4.78 is 11.5. The Kier molecular flexibility index (Phi) is 3.79. The van der Waals surface area contributed by atoms with Gasteiger partial charge in [0.15, 0.2) is 11.6 Å². The van der Waals surface area contributed by atoms with Crippen LogP contribution in [0.3, 0.4) is 0 Å². The maximum atomic E-state index is 12.2. The van der Waals surface area contributed by atoms with Gasteiger partial charge in [0, 0.05) is 23.0 Å². The van der Waals surface area contributed by atoms with Crippen LogP contribution in [0.5, 0.6) is 0 Å². The first-order valence-electron chi connectivity index (χ1n) is 6.82. The average Bonchev–Trinajstić information content (AvgIpc) is 2.87. The van der Waals surface area contributed by atoms with Gasteiger partial charge in [-0.1, -0.05) is 52.0 Å². The van der Waals surface area contributed by atoms with E-state index in [1.54, 1.807) is 0 Å². The van der Waals surface area contributed by atoms with E-state index in [0.717, 1.165) is 17.5 Å². The molecule has 3 nitrogen and oxygen atoms in total. The van der Waals surface area contributed by atoms with Gasteiger partial charge in [0.25, 0.3) is 0 Å². The first-order chi connectivity index (χ1) is 8.89. The van der Waals surface area contributed by atoms with Gasteiger partial charge >= 0.3 is 0 Å². The summed E-state index contributed by atoms with van der Waals surface area (Å²) in [5.74, 6) is -0.471. The molecular weight excluding hydrogens is 240 g/mol. The third-order valence-corrected chi connectivity index (χ3v) is 3.49. The minimum absolute atomic E-state index is 0.151. The van der Waals surface area contributed by atoms with E-state index in [1.165, 1.54) is 0 Å². The number of ketones is 1. The first-order valence-corrected chi connectivity index (χ1v) is 6.82. The number of hydrogen-bond donors (Lipinski definition) is 0. The second kappa shape index (κ2) is 5.06. The molecule has 19 heavy (non-hydrogen) atoms. The second-order valence-electron chi connectivity index (χ2n) is 5.96. The third kappa shape index (κ3) is 2.72. The van der Waals surface area contributed by atoms with Crippen molar-refractivity contribution in [2.75, 3.05) is 13.2 Å². The summed E-state index contributed by atoms with van der Waals surface area (Å²) in [4.78, 5) is 12.2. The molecule has 1 aliphatic rings. The van der Waals surface area contributed by atoms with Crippen LogP contribution in [0, 0.1) is 5.41 Å². The maximum Gasteiger partial charge on any atom is 0.194 e. The van der Waals surface area contributed by atoms with Gasteiger partial charge in [-0.05, 0) is 0 Å². The molecule has 0 bridgehead atoms. The fourth-order valence-electron chi connectivity index (χ4n) is 2.34. The van der Waals surface area contributed by atoms with Crippen molar-refractivity contribution in [1.82, 2.24) is 0 Å². The normalized spacial score (nSPS) is 18.5. The zero-order valence-electron chi connectivity index (χ0n) is 12.2. The van der Waals surface area contributed by atoms with Gasteiger partial charge in [-0.25, -0.2) is 0 Å². The Morgan fingerprint density at radius 2 is 1.68 bits per heavy atom. The monoisotopic (exact) mass is 262 g/mol. The van der Waals surface area contributed by atoms with Gasteiger partial charge in [0.1, 0.15) is 0 Å². The van der Waals surface area contributed by atoms with Gasteiger partial charge in [0.2, 0.25) is 0 Å². The summed E-state index contributed by atoms with van der Waals surface area (Å²) in [6.07, 6.45) is 0.763. The SMILES string of the molecule is CCC1(c2ccc(C(=O)C(C)(C)C)cc2)OCCO1. The summed E-state index contributed by atoms with van der Waals surface area (Å²) >= 11 is 0. The van der Waals surface area contributed by atoms with E-state index < -0.39 is 5.79 Å². The van der Waals surface area contributed by atoms with E-state index in [4.69, 9.17) is 9.47 Å². The van der Waals surface area contributed by atoms with Crippen molar-refractivity contribution in [1.29, 1.82) is 0 Å². The molecule has 0 saturated carbocycles. The van der Waals surface area contributed by atoms with Crippen molar-refractivity contribution in [3.63, 3.8) is 0 Å². The van der Waals surface area contributed by atoms with Crippen molar-refractivity contribution in [3.8, 4) is 0 Å². The van der Waals surface area contributed by atoms with Gasteiger partial charge in [-0.15, -0.1) is 0 Å². The lowest BCUT2D eigenvalue weighted by Crippen LogP contribution is -2.26. The zero-order chi connectivity index (χ0) is 14.1. The summed E-state index contributed by atoms with van der Waals surface area (Å²) in [5, 5.41) is 0. The summed E-state index contributed by atoms with van der Waals surface area (Å²) in [7, 11) is 0. The molecule has 1 aliphatic heterocycles. The highest BCUT2D eigenvalue weighted by Gasteiger charge is 2.36. The smallest absolute Gasteiger partial charge is 0.194 e. The Morgan fingerprint density at radius 1 is 1.16 bits per heavy atom. The van der Waals surface area contributed by atoms with E-state index in [2.05, 4.69) is 0 Å². The Bertz CT molecular complexity index is 448. The number of ether oxygens (including phenoxy) is 2. The van der Waals surface area contributed by atoms with Crippen LogP contribution in [0.4, 0.5) is 0 Å². The molecule has 0 atom stereocenters. The third-order valence-electron chi connectivity index (χ3n) is 3.49. The first kappa shape index (κ1) is 14.2. The molecule has 1 aromatic carbocycles. The lowest BCUT2D eigenvalue weighted by molar-refractivity contribution is -0.167. The van der Waals surface area contributed by atoms with Gasteiger partial charge in [0.05, 0.1) is 13.2 Å². The molecule has 2 rings (SSSR count). The van der Waals surface area contributed by atoms with E-state index in [1.807, 2.05) is 52.0 Å². The minimum atomic E-state index is -0.622. The van der Waals surface area contributed by atoms with E-state index in [0.29, 0.717) is 13.2 Å². The van der Waals surface area contributed by atoms with Crippen molar-refractivity contribution >= 4 is 5.78 Å². The fraction of sp³-hybridized carbons (Fsp3) is 0.562. The Morgan fingerprint density at radius 3 is 2.11 bits per heavy atom. The molecule has 1 heterocycles. The van der Waals surface area contributed by atoms with Crippen LogP contribution in [0.15, 0.2) is 24.3 Å². The van der Waals surface area contributed by atoms with Crippen LogP contribution in [0.1, 0.15) is 50.0 Å². The highest BCUT2D eigenvalue weighted by Crippen LogP contribution is 2.35. The predicted molar refractivity (Wildman–Crippen MR) is 74.1 cm³/mol. The molecule has 1 saturated heterocycles. The average molecular weight is 262 g/mol. The molecule has 0 radical (unpaired) electrons. The van der Waals surface area contributed by atoms with E-state index >= 15 is 0 Å². The number of benzene rings is 1. The van der Waals surface area contributed by atoms with Gasteiger partial charge in [-0.2, -0.15) is 0 Å². The Labute approximate surface area is 114 Å². The predicted octanol–water partition coefficient (Wildman–Crippen LogP) is 3.53. The second-order valence-corrected chi connectivity index (χ2v) is 5.96. The minimum Gasteiger partial charge on any atom is -0.343 e. The number of carbonyl (C=O) groups excluding carboxylic acids is 1. The largest absolute Gasteiger partial charge is 0.343 e. The van der Waals surface area contributed by atoms with Gasteiger partial charge in [-0.3, -0.25) is 4.79 Å². The summed E-state index contributed by atoms with van der Waals surface area (Å²) in [5.41, 5.74) is 1.36.